The van der Waals surface area contributed by atoms with E-state index in [4.69, 9.17) is 11.6 Å². The van der Waals surface area contributed by atoms with Crippen LogP contribution in [0.2, 0.25) is 5.02 Å². The molecule has 1 aliphatic rings. The predicted molar refractivity (Wildman–Crippen MR) is 153 cm³/mol. The molecule has 39 heavy (non-hydrogen) atoms. The van der Waals surface area contributed by atoms with Crippen LogP contribution in [0.25, 0.3) is 22.2 Å². The molecule has 1 saturated carbocycles. The third kappa shape index (κ3) is 6.88. The molecule has 9 nitrogen and oxygen atoms in total. The Morgan fingerprint density at radius 2 is 1.90 bits per heavy atom. The van der Waals surface area contributed by atoms with Gasteiger partial charge in [0.15, 0.2) is 0 Å². The van der Waals surface area contributed by atoms with Crippen molar-refractivity contribution >= 4 is 46.0 Å². The zero-order valence-electron chi connectivity index (χ0n) is 21.2. The predicted octanol–water partition coefficient (Wildman–Crippen LogP) is 4.92. The monoisotopic (exact) mass is 544 g/mol. The molecule has 0 aliphatic heterocycles. The van der Waals surface area contributed by atoms with Crippen molar-refractivity contribution in [3.8, 4) is 11.1 Å². The maximum atomic E-state index is 12.8. The molecule has 5 rings (SSSR count). The molecule has 0 radical (unpaired) electrons. The van der Waals surface area contributed by atoms with Gasteiger partial charge in [-0.05, 0) is 67.6 Å². The van der Waals surface area contributed by atoms with Gasteiger partial charge in [-0.25, -0.2) is 9.97 Å². The molecule has 0 spiro atoms. The van der Waals surface area contributed by atoms with Crippen LogP contribution in [-0.2, 0) is 4.79 Å². The molecule has 0 bridgehead atoms. The number of nitrogens with one attached hydrogen (secondary N) is 4. The van der Waals surface area contributed by atoms with Gasteiger partial charge in [-0.1, -0.05) is 29.8 Å². The number of aliphatic hydroxyl groups is 1. The van der Waals surface area contributed by atoms with Gasteiger partial charge in [0.1, 0.15) is 5.82 Å². The number of nitrogens with zero attached hydrogens (tertiary/aromatic N) is 2. The van der Waals surface area contributed by atoms with Crippen LogP contribution < -0.4 is 16.0 Å². The molecule has 0 atom stereocenters. The van der Waals surface area contributed by atoms with Crippen molar-refractivity contribution in [3.63, 3.8) is 0 Å². The third-order valence-electron chi connectivity index (χ3n) is 6.71. The summed E-state index contributed by atoms with van der Waals surface area (Å²) in [5, 5.41) is 19.1. The number of rotatable bonds is 8. The second kappa shape index (κ2) is 12.2. The Balaban J connectivity index is 1.14. The number of carbonyl (C=O) groups is 2. The number of carbonyl (C=O) groups excluding carboxylic acids is 2. The van der Waals surface area contributed by atoms with Gasteiger partial charge in [0, 0.05) is 36.1 Å². The summed E-state index contributed by atoms with van der Waals surface area (Å²) in [6, 6.07) is 14.7. The number of benzene rings is 2. The van der Waals surface area contributed by atoms with E-state index < -0.39 is 0 Å². The van der Waals surface area contributed by atoms with E-state index >= 15 is 0 Å². The lowest BCUT2D eigenvalue weighted by atomic mass is 9.93. The number of halogens is 1. The second-order valence-corrected chi connectivity index (χ2v) is 9.93. The largest absolute Gasteiger partial charge is 0.393 e. The summed E-state index contributed by atoms with van der Waals surface area (Å²) in [6.07, 6.45) is 9.56. The molecule has 2 aromatic carbocycles. The SMILES string of the molecule is O=C(/C=C/CNC1CCC(O)CC1)Nc1ccc(C(=O)Nc2cccc(-c3cc4nc[nH]c4cc3Cl)c2)cn1. The van der Waals surface area contributed by atoms with E-state index in [-0.39, 0.29) is 17.9 Å². The molecule has 200 valence electrons. The van der Waals surface area contributed by atoms with Gasteiger partial charge >= 0.3 is 0 Å². The number of aromatic nitrogens is 3. The van der Waals surface area contributed by atoms with Crippen LogP contribution in [-0.4, -0.2) is 50.6 Å². The zero-order chi connectivity index (χ0) is 27.2. The quantitative estimate of drug-likeness (QED) is 0.200. The Labute approximate surface area is 230 Å². The van der Waals surface area contributed by atoms with Gasteiger partial charge in [0.05, 0.1) is 34.1 Å². The van der Waals surface area contributed by atoms with E-state index in [1.807, 2.05) is 30.3 Å². The van der Waals surface area contributed by atoms with Gasteiger partial charge in [0.25, 0.3) is 5.91 Å². The second-order valence-electron chi connectivity index (χ2n) is 9.52. The molecule has 0 unspecified atom stereocenters. The molecule has 10 heteroatoms. The number of imidazole rings is 1. The number of aliphatic hydroxyl groups excluding tert-OH is 1. The third-order valence-corrected chi connectivity index (χ3v) is 7.02. The average molecular weight is 545 g/mol. The first-order chi connectivity index (χ1) is 18.9. The van der Waals surface area contributed by atoms with E-state index in [1.165, 1.54) is 12.3 Å². The van der Waals surface area contributed by atoms with Crippen molar-refractivity contribution in [2.75, 3.05) is 17.2 Å². The Morgan fingerprint density at radius 3 is 2.69 bits per heavy atom. The molecular formula is C29H29ClN6O3. The van der Waals surface area contributed by atoms with Crippen LogP contribution >= 0.6 is 11.6 Å². The highest BCUT2D eigenvalue weighted by molar-refractivity contribution is 6.34. The van der Waals surface area contributed by atoms with Crippen molar-refractivity contribution in [2.45, 2.75) is 37.8 Å². The molecule has 0 saturated heterocycles. The number of hydrogen-bond donors (Lipinski definition) is 5. The maximum Gasteiger partial charge on any atom is 0.257 e. The van der Waals surface area contributed by atoms with Crippen LogP contribution in [0.4, 0.5) is 11.5 Å². The van der Waals surface area contributed by atoms with Crippen LogP contribution in [0.3, 0.4) is 0 Å². The minimum Gasteiger partial charge on any atom is -0.393 e. The minimum absolute atomic E-state index is 0.186. The minimum atomic E-state index is -0.326. The van der Waals surface area contributed by atoms with E-state index in [9.17, 15) is 14.7 Å². The summed E-state index contributed by atoms with van der Waals surface area (Å²) < 4.78 is 0. The fraction of sp³-hybridized carbons (Fsp3) is 0.241. The fourth-order valence-electron chi connectivity index (χ4n) is 4.60. The van der Waals surface area contributed by atoms with Crippen LogP contribution in [0.15, 0.2) is 73.2 Å². The van der Waals surface area contributed by atoms with Crippen molar-refractivity contribution < 1.29 is 14.7 Å². The molecule has 4 aromatic rings. The number of pyridine rings is 1. The standard InChI is InChI=1S/C29H29ClN6O3/c30-24-15-26-25(33-17-34-26)14-23(24)18-3-1-4-21(13-18)35-29(39)19-6-11-27(32-16-19)36-28(38)5-2-12-31-20-7-9-22(37)10-8-20/h1-6,11,13-17,20,22,31,37H,7-10,12H2,(H,33,34)(H,35,39)(H,32,36,38)/b5-2+. The van der Waals surface area contributed by atoms with Gasteiger partial charge in [-0.15, -0.1) is 0 Å². The normalized spacial score (nSPS) is 17.4. The number of H-pyrrole nitrogens is 1. The summed E-state index contributed by atoms with van der Waals surface area (Å²) in [7, 11) is 0. The van der Waals surface area contributed by atoms with Gasteiger partial charge < -0.3 is 26.0 Å². The Kier molecular flexibility index (Phi) is 8.31. The summed E-state index contributed by atoms with van der Waals surface area (Å²) >= 11 is 6.48. The van der Waals surface area contributed by atoms with Gasteiger partial charge in [-0.3, -0.25) is 9.59 Å². The highest BCUT2D eigenvalue weighted by Crippen LogP contribution is 2.32. The van der Waals surface area contributed by atoms with Crippen LogP contribution in [0, 0.1) is 0 Å². The molecular weight excluding hydrogens is 516 g/mol. The van der Waals surface area contributed by atoms with Gasteiger partial charge in [-0.2, -0.15) is 0 Å². The Bertz CT molecular complexity index is 1490. The zero-order valence-corrected chi connectivity index (χ0v) is 21.9. The Morgan fingerprint density at radius 1 is 1.05 bits per heavy atom. The smallest absolute Gasteiger partial charge is 0.257 e. The topological polar surface area (TPSA) is 132 Å². The lowest BCUT2D eigenvalue weighted by molar-refractivity contribution is -0.111. The van der Waals surface area contributed by atoms with Gasteiger partial charge in [0.2, 0.25) is 5.91 Å². The number of hydrogen-bond acceptors (Lipinski definition) is 6. The first kappa shape index (κ1) is 26.6. The number of fused-ring (bicyclic) bond motifs is 1. The molecule has 2 amide bonds. The molecule has 2 aromatic heterocycles. The lowest BCUT2D eigenvalue weighted by Crippen LogP contribution is -2.34. The van der Waals surface area contributed by atoms with Crippen molar-refractivity contribution in [3.05, 3.63) is 83.8 Å². The van der Waals surface area contributed by atoms with Crippen LogP contribution in [0.5, 0.6) is 0 Å². The van der Waals surface area contributed by atoms with Crippen LogP contribution in [0.1, 0.15) is 36.0 Å². The number of anilines is 2. The molecule has 1 fully saturated rings. The van der Waals surface area contributed by atoms with Crippen molar-refractivity contribution in [2.24, 2.45) is 0 Å². The maximum absolute atomic E-state index is 12.8. The fourth-order valence-corrected chi connectivity index (χ4v) is 4.87. The van der Waals surface area contributed by atoms with Crippen molar-refractivity contribution in [1.29, 1.82) is 0 Å². The lowest BCUT2D eigenvalue weighted by Gasteiger charge is -2.25. The number of amides is 2. The summed E-state index contributed by atoms with van der Waals surface area (Å²) in [6.45, 7) is 0.575. The molecule has 2 heterocycles. The molecule has 1 aliphatic carbocycles. The van der Waals surface area contributed by atoms with E-state index in [0.717, 1.165) is 47.8 Å². The van der Waals surface area contributed by atoms with E-state index in [0.29, 0.717) is 34.7 Å². The number of aromatic amines is 1. The Hall–Kier alpha value is -4.05. The summed E-state index contributed by atoms with van der Waals surface area (Å²) in [5.74, 6) is -0.280. The summed E-state index contributed by atoms with van der Waals surface area (Å²) in [4.78, 5) is 36.5. The highest BCUT2D eigenvalue weighted by Gasteiger charge is 2.18. The first-order valence-corrected chi connectivity index (χ1v) is 13.2. The van der Waals surface area contributed by atoms with E-state index in [2.05, 4.69) is 30.9 Å². The van der Waals surface area contributed by atoms with Crippen molar-refractivity contribution in [1.82, 2.24) is 20.3 Å². The first-order valence-electron chi connectivity index (χ1n) is 12.8. The molecule has 5 N–H and O–H groups in total. The summed E-state index contributed by atoms with van der Waals surface area (Å²) in [5.41, 5.74) is 4.27. The van der Waals surface area contributed by atoms with E-state index in [1.54, 1.807) is 30.6 Å². The average Bonchev–Trinajstić information content (AvgIpc) is 3.39. The highest BCUT2D eigenvalue weighted by atomic mass is 35.5.